The highest BCUT2D eigenvalue weighted by atomic mass is 35.5. The minimum Gasteiger partial charge on any atom is -0.494 e. The normalized spacial score (nSPS) is 10.1. The van der Waals surface area contributed by atoms with Crippen LogP contribution in [0.4, 0.5) is 5.69 Å². The fourth-order valence-corrected chi connectivity index (χ4v) is 2.14. The fraction of sp³-hybridized carbons (Fsp3) is 0.235. The molecular weight excluding hydrogens is 302 g/mol. The number of benzene rings is 2. The van der Waals surface area contributed by atoms with Crippen molar-refractivity contribution in [1.29, 1.82) is 0 Å². The van der Waals surface area contributed by atoms with Gasteiger partial charge in [-0.25, -0.2) is 0 Å². The predicted octanol–water partition coefficient (Wildman–Crippen LogP) is 4.06. The molecule has 0 atom stereocenters. The number of rotatable bonds is 6. The highest BCUT2D eigenvalue weighted by Gasteiger charge is 2.06. The Morgan fingerprint density at radius 2 is 1.86 bits per heavy atom. The number of halogens is 1. The van der Waals surface area contributed by atoms with Gasteiger partial charge in [0, 0.05) is 10.7 Å². The smallest absolute Gasteiger partial charge is 0.262 e. The summed E-state index contributed by atoms with van der Waals surface area (Å²) in [5.41, 5.74) is 1.59. The Morgan fingerprint density at radius 3 is 2.50 bits per heavy atom. The standard InChI is InChI=1S/C17H18ClNO3/c1-3-21-15-7-5-14(6-8-15)19-17(20)11-22-16-9-4-13(18)10-12(16)2/h4-10H,3,11H2,1-2H3,(H,19,20). The summed E-state index contributed by atoms with van der Waals surface area (Å²) in [5, 5.41) is 3.41. The van der Waals surface area contributed by atoms with Gasteiger partial charge in [-0.15, -0.1) is 0 Å². The summed E-state index contributed by atoms with van der Waals surface area (Å²) in [6.45, 7) is 4.35. The van der Waals surface area contributed by atoms with E-state index in [1.165, 1.54) is 0 Å². The van der Waals surface area contributed by atoms with Crippen LogP contribution < -0.4 is 14.8 Å². The second-order valence-corrected chi connectivity index (χ2v) is 5.14. The van der Waals surface area contributed by atoms with E-state index in [0.717, 1.165) is 11.3 Å². The van der Waals surface area contributed by atoms with Crippen LogP contribution >= 0.6 is 11.6 Å². The summed E-state index contributed by atoms with van der Waals surface area (Å²) in [6.07, 6.45) is 0. The van der Waals surface area contributed by atoms with Crippen molar-refractivity contribution in [2.45, 2.75) is 13.8 Å². The van der Waals surface area contributed by atoms with E-state index >= 15 is 0 Å². The highest BCUT2D eigenvalue weighted by Crippen LogP contribution is 2.22. The Morgan fingerprint density at radius 1 is 1.14 bits per heavy atom. The van der Waals surface area contributed by atoms with Crippen LogP contribution in [0.3, 0.4) is 0 Å². The van der Waals surface area contributed by atoms with Crippen molar-refractivity contribution in [1.82, 2.24) is 0 Å². The number of carbonyl (C=O) groups excluding carboxylic acids is 1. The van der Waals surface area contributed by atoms with E-state index in [9.17, 15) is 4.79 Å². The lowest BCUT2D eigenvalue weighted by molar-refractivity contribution is -0.118. The molecule has 0 saturated carbocycles. The molecule has 0 aliphatic heterocycles. The Labute approximate surface area is 135 Å². The van der Waals surface area contributed by atoms with Crippen LogP contribution in [0.5, 0.6) is 11.5 Å². The predicted molar refractivity (Wildman–Crippen MR) is 87.9 cm³/mol. The average Bonchev–Trinajstić information content (AvgIpc) is 2.49. The zero-order valence-corrected chi connectivity index (χ0v) is 13.3. The summed E-state index contributed by atoms with van der Waals surface area (Å²) in [4.78, 5) is 11.9. The molecule has 2 aromatic rings. The molecular formula is C17H18ClNO3. The molecule has 0 heterocycles. The van der Waals surface area contributed by atoms with Crippen molar-refractivity contribution in [3.8, 4) is 11.5 Å². The van der Waals surface area contributed by atoms with Crippen LogP contribution in [0.2, 0.25) is 5.02 Å². The van der Waals surface area contributed by atoms with Crippen molar-refractivity contribution >= 4 is 23.2 Å². The zero-order chi connectivity index (χ0) is 15.9. The molecule has 116 valence electrons. The number of amides is 1. The van der Waals surface area contributed by atoms with Gasteiger partial charge in [0.15, 0.2) is 6.61 Å². The molecule has 0 spiro atoms. The Balaban J connectivity index is 1.87. The van der Waals surface area contributed by atoms with E-state index in [4.69, 9.17) is 21.1 Å². The van der Waals surface area contributed by atoms with E-state index < -0.39 is 0 Å². The first-order valence-electron chi connectivity index (χ1n) is 7.00. The molecule has 0 saturated heterocycles. The largest absolute Gasteiger partial charge is 0.494 e. The van der Waals surface area contributed by atoms with Gasteiger partial charge < -0.3 is 14.8 Å². The number of carbonyl (C=O) groups is 1. The summed E-state index contributed by atoms with van der Waals surface area (Å²) in [7, 11) is 0. The third-order valence-corrected chi connectivity index (χ3v) is 3.18. The summed E-state index contributed by atoms with van der Waals surface area (Å²) in [5.74, 6) is 1.19. The Hall–Kier alpha value is -2.20. The van der Waals surface area contributed by atoms with Crippen LogP contribution in [0.1, 0.15) is 12.5 Å². The molecule has 0 aliphatic rings. The Bertz CT molecular complexity index is 641. The molecule has 2 aromatic carbocycles. The molecule has 0 fully saturated rings. The summed E-state index contributed by atoms with van der Waals surface area (Å²) >= 11 is 5.88. The van der Waals surface area contributed by atoms with Crippen molar-refractivity contribution in [2.75, 3.05) is 18.5 Å². The van der Waals surface area contributed by atoms with E-state index in [0.29, 0.717) is 23.1 Å². The third kappa shape index (κ3) is 4.67. The second kappa shape index (κ2) is 7.71. The number of nitrogens with one attached hydrogen (secondary N) is 1. The summed E-state index contributed by atoms with van der Waals surface area (Å²) < 4.78 is 10.8. The lowest BCUT2D eigenvalue weighted by Crippen LogP contribution is -2.20. The monoisotopic (exact) mass is 319 g/mol. The van der Waals surface area contributed by atoms with Crippen molar-refractivity contribution in [3.63, 3.8) is 0 Å². The van der Waals surface area contributed by atoms with Gasteiger partial charge in [0.25, 0.3) is 5.91 Å². The van der Waals surface area contributed by atoms with Gasteiger partial charge in [-0.2, -0.15) is 0 Å². The first kappa shape index (κ1) is 16.2. The maximum atomic E-state index is 11.9. The van der Waals surface area contributed by atoms with Crippen molar-refractivity contribution in [2.24, 2.45) is 0 Å². The van der Waals surface area contributed by atoms with E-state index in [1.807, 2.05) is 26.0 Å². The molecule has 0 unspecified atom stereocenters. The van der Waals surface area contributed by atoms with Gasteiger partial charge in [-0.05, 0) is 61.9 Å². The third-order valence-electron chi connectivity index (χ3n) is 2.94. The maximum Gasteiger partial charge on any atom is 0.262 e. The van der Waals surface area contributed by atoms with Crippen molar-refractivity contribution < 1.29 is 14.3 Å². The van der Waals surface area contributed by atoms with Gasteiger partial charge in [-0.1, -0.05) is 11.6 Å². The number of ether oxygens (including phenoxy) is 2. The molecule has 4 nitrogen and oxygen atoms in total. The first-order valence-corrected chi connectivity index (χ1v) is 7.38. The fourth-order valence-electron chi connectivity index (χ4n) is 1.92. The molecule has 2 rings (SSSR count). The van der Waals surface area contributed by atoms with Gasteiger partial charge in [0.05, 0.1) is 6.61 Å². The highest BCUT2D eigenvalue weighted by molar-refractivity contribution is 6.30. The maximum absolute atomic E-state index is 11.9. The van der Waals surface area contributed by atoms with Crippen LogP contribution in [0.15, 0.2) is 42.5 Å². The molecule has 0 aliphatic carbocycles. The SMILES string of the molecule is CCOc1ccc(NC(=O)COc2ccc(Cl)cc2C)cc1. The van der Waals surface area contributed by atoms with Crippen LogP contribution in [-0.4, -0.2) is 19.1 Å². The van der Waals surface area contributed by atoms with Crippen molar-refractivity contribution in [3.05, 3.63) is 53.1 Å². The van der Waals surface area contributed by atoms with Gasteiger partial charge >= 0.3 is 0 Å². The van der Waals surface area contributed by atoms with Gasteiger partial charge in [0.1, 0.15) is 11.5 Å². The van der Waals surface area contributed by atoms with Gasteiger partial charge in [0.2, 0.25) is 0 Å². The zero-order valence-electron chi connectivity index (χ0n) is 12.6. The lowest BCUT2D eigenvalue weighted by atomic mass is 10.2. The molecule has 1 N–H and O–H groups in total. The van der Waals surface area contributed by atoms with E-state index in [1.54, 1.807) is 30.3 Å². The molecule has 0 bridgehead atoms. The Kier molecular flexibility index (Phi) is 5.67. The number of anilines is 1. The molecule has 0 radical (unpaired) electrons. The first-order chi connectivity index (χ1) is 10.6. The number of hydrogen-bond donors (Lipinski definition) is 1. The molecule has 5 heteroatoms. The van der Waals surface area contributed by atoms with Crippen LogP contribution in [0.25, 0.3) is 0 Å². The van der Waals surface area contributed by atoms with Crippen LogP contribution in [0, 0.1) is 6.92 Å². The number of hydrogen-bond acceptors (Lipinski definition) is 3. The number of aryl methyl sites for hydroxylation is 1. The quantitative estimate of drug-likeness (QED) is 0.873. The lowest BCUT2D eigenvalue weighted by Gasteiger charge is -2.10. The van der Waals surface area contributed by atoms with E-state index in [-0.39, 0.29) is 12.5 Å². The summed E-state index contributed by atoms with van der Waals surface area (Å²) in [6, 6.07) is 12.5. The molecule has 1 amide bonds. The molecule has 0 aromatic heterocycles. The minimum absolute atomic E-state index is 0.0598. The topological polar surface area (TPSA) is 47.6 Å². The van der Waals surface area contributed by atoms with Crippen LogP contribution in [-0.2, 0) is 4.79 Å². The minimum atomic E-state index is -0.224. The second-order valence-electron chi connectivity index (χ2n) is 4.70. The molecule has 22 heavy (non-hydrogen) atoms. The van der Waals surface area contributed by atoms with Gasteiger partial charge in [-0.3, -0.25) is 4.79 Å². The van der Waals surface area contributed by atoms with E-state index in [2.05, 4.69) is 5.32 Å². The average molecular weight is 320 g/mol.